The van der Waals surface area contributed by atoms with Crippen LogP contribution in [0.5, 0.6) is 0 Å². The number of anilines is 2. The summed E-state index contributed by atoms with van der Waals surface area (Å²) in [5.41, 5.74) is 8.91. The highest BCUT2D eigenvalue weighted by Crippen LogP contribution is 2.27. The van der Waals surface area contributed by atoms with E-state index in [1.807, 2.05) is 19.2 Å². The zero-order chi connectivity index (χ0) is 20.5. The van der Waals surface area contributed by atoms with Crippen LogP contribution in [0.3, 0.4) is 0 Å². The van der Waals surface area contributed by atoms with E-state index in [9.17, 15) is 4.79 Å². The summed E-state index contributed by atoms with van der Waals surface area (Å²) in [7, 11) is 1.84. The molecule has 0 spiro atoms. The van der Waals surface area contributed by atoms with Gasteiger partial charge in [-0.05, 0) is 30.7 Å². The van der Waals surface area contributed by atoms with E-state index in [2.05, 4.69) is 45.9 Å². The van der Waals surface area contributed by atoms with Gasteiger partial charge in [-0.15, -0.1) is 0 Å². The number of fused-ring (bicyclic) bond motifs is 1. The summed E-state index contributed by atoms with van der Waals surface area (Å²) < 4.78 is 1.70. The van der Waals surface area contributed by atoms with Crippen LogP contribution in [0.4, 0.5) is 11.8 Å². The Bertz CT molecular complexity index is 1020. The van der Waals surface area contributed by atoms with Gasteiger partial charge in [-0.2, -0.15) is 15.1 Å². The fraction of sp³-hybridized carbons (Fsp3) is 0.455. The molecule has 7 nitrogen and oxygen atoms in total. The van der Waals surface area contributed by atoms with Crippen molar-refractivity contribution < 1.29 is 4.79 Å². The number of hydrogen-bond acceptors (Lipinski definition) is 6. The lowest BCUT2D eigenvalue weighted by atomic mass is 9.88. The summed E-state index contributed by atoms with van der Waals surface area (Å²) >= 11 is 0. The molecule has 0 saturated carbocycles. The first-order valence-corrected chi connectivity index (χ1v) is 10.3. The number of rotatable bonds is 5. The van der Waals surface area contributed by atoms with Crippen molar-refractivity contribution in [3.05, 3.63) is 41.6 Å². The van der Waals surface area contributed by atoms with Gasteiger partial charge >= 0.3 is 0 Å². The first-order valence-electron chi connectivity index (χ1n) is 10.3. The Morgan fingerprint density at radius 2 is 1.86 bits per heavy atom. The predicted octanol–water partition coefficient (Wildman–Crippen LogP) is 3.24. The molecule has 4 rings (SSSR count). The van der Waals surface area contributed by atoms with E-state index in [1.165, 1.54) is 5.56 Å². The summed E-state index contributed by atoms with van der Waals surface area (Å²) in [5, 5.41) is 4.97. The number of aromatic nitrogens is 4. The fourth-order valence-electron chi connectivity index (χ4n) is 4.03. The number of nitrogens with two attached hydrogens (primary N) is 1. The van der Waals surface area contributed by atoms with Crippen molar-refractivity contribution in [2.24, 2.45) is 18.9 Å². The first kappa shape index (κ1) is 19.4. The molecule has 152 valence electrons. The second kappa shape index (κ2) is 7.81. The van der Waals surface area contributed by atoms with Gasteiger partial charge in [-0.1, -0.05) is 38.1 Å². The van der Waals surface area contributed by atoms with Crippen molar-refractivity contribution in [3.8, 4) is 0 Å². The molecule has 0 amide bonds. The summed E-state index contributed by atoms with van der Waals surface area (Å²) in [5.74, 6) is 1.95. The van der Waals surface area contributed by atoms with Crippen molar-refractivity contribution in [2.45, 2.75) is 33.1 Å². The van der Waals surface area contributed by atoms with Crippen molar-refractivity contribution >= 4 is 28.6 Å². The van der Waals surface area contributed by atoms with E-state index in [4.69, 9.17) is 5.73 Å². The number of aryl methyl sites for hydroxylation is 1. The van der Waals surface area contributed by atoms with Gasteiger partial charge in [0.15, 0.2) is 11.4 Å². The second-order valence-corrected chi connectivity index (χ2v) is 8.33. The standard InChI is InChI=1S/C22H28N6O/c1-14(2)12-15-4-6-16(7-5-15)19(29)17-8-10-28(11-9-17)22-25-20(23)18-13-24-27(3)21(18)26-22/h4-7,13-14,17H,8-12H2,1-3H3,(H2,23,25,26). The lowest BCUT2D eigenvalue weighted by molar-refractivity contribution is 0.0900. The molecule has 1 saturated heterocycles. The van der Waals surface area contributed by atoms with Crippen LogP contribution in [0.2, 0.25) is 0 Å². The average Bonchev–Trinajstić information content (AvgIpc) is 3.09. The number of benzene rings is 1. The Morgan fingerprint density at radius 1 is 1.17 bits per heavy atom. The number of Topliss-reactive ketones (excluding diaryl/α,β-unsaturated/α-hetero) is 1. The van der Waals surface area contributed by atoms with E-state index in [0.717, 1.165) is 48.9 Å². The third-order valence-corrected chi connectivity index (χ3v) is 5.64. The van der Waals surface area contributed by atoms with Crippen LogP contribution in [-0.4, -0.2) is 38.6 Å². The van der Waals surface area contributed by atoms with Crippen LogP contribution >= 0.6 is 0 Å². The number of carbonyl (C=O) groups excluding carboxylic acids is 1. The maximum atomic E-state index is 12.9. The molecule has 1 fully saturated rings. The number of carbonyl (C=O) groups is 1. The number of nitrogens with zero attached hydrogens (tertiary/aromatic N) is 5. The SMILES string of the molecule is CC(C)Cc1ccc(C(=O)C2CCN(c3nc(N)c4cnn(C)c4n3)CC2)cc1. The molecule has 2 N–H and O–H groups in total. The zero-order valence-corrected chi connectivity index (χ0v) is 17.3. The van der Waals surface area contributed by atoms with Gasteiger partial charge in [0, 0.05) is 31.6 Å². The molecule has 0 aliphatic carbocycles. The van der Waals surface area contributed by atoms with Crippen molar-refractivity contribution in [1.82, 2.24) is 19.7 Å². The number of nitrogen functional groups attached to an aromatic ring is 1. The summed E-state index contributed by atoms with van der Waals surface area (Å²) in [4.78, 5) is 24.1. The van der Waals surface area contributed by atoms with Crippen molar-refractivity contribution in [2.75, 3.05) is 23.7 Å². The topological polar surface area (TPSA) is 89.9 Å². The second-order valence-electron chi connectivity index (χ2n) is 8.33. The van der Waals surface area contributed by atoms with Crippen LogP contribution < -0.4 is 10.6 Å². The number of piperidine rings is 1. The Labute approximate surface area is 170 Å². The minimum atomic E-state index is 0.0416. The van der Waals surface area contributed by atoms with E-state index in [0.29, 0.717) is 17.7 Å². The largest absolute Gasteiger partial charge is 0.383 e. The smallest absolute Gasteiger partial charge is 0.229 e. The van der Waals surface area contributed by atoms with E-state index in [-0.39, 0.29) is 11.7 Å². The van der Waals surface area contributed by atoms with Crippen LogP contribution in [0.25, 0.3) is 11.0 Å². The zero-order valence-electron chi connectivity index (χ0n) is 17.3. The molecule has 0 radical (unpaired) electrons. The normalized spacial score (nSPS) is 15.4. The maximum absolute atomic E-state index is 12.9. The Balaban J connectivity index is 1.42. The monoisotopic (exact) mass is 392 g/mol. The molecule has 0 bridgehead atoms. The van der Waals surface area contributed by atoms with E-state index >= 15 is 0 Å². The van der Waals surface area contributed by atoms with Crippen molar-refractivity contribution in [3.63, 3.8) is 0 Å². The Hall–Kier alpha value is -2.96. The summed E-state index contributed by atoms with van der Waals surface area (Å²) in [6, 6.07) is 8.13. The molecule has 1 aliphatic rings. The Morgan fingerprint density at radius 3 is 2.52 bits per heavy atom. The summed E-state index contributed by atoms with van der Waals surface area (Å²) in [6.07, 6.45) is 4.31. The fourth-order valence-corrected chi connectivity index (χ4v) is 4.03. The maximum Gasteiger partial charge on any atom is 0.229 e. The quantitative estimate of drug-likeness (QED) is 0.671. The lowest BCUT2D eigenvalue weighted by Crippen LogP contribution is -2.37. The van der Waals surface area contributed by atoms with Crippen LogP contribution in [0.1, 0.15) is 42.6 Å². The molecular weight excluding hydrogens is 364 g/mol. The molecule has 2 aromatic heterocycles. The molecule has 0 unspecified atom stereocenters. The highest BCUT2D eigenvalue weighted by atomic mass is 16.1. The summed E-state index contributed by atoms with van der Waals surface area (Å²) in [6.45, 7) is 5.89. The van der Waals surface area contributed by atoms with Gasteiger partial charge in [0.2, 0.25) is 5.95 Å². The van der Waals surface area contributed by atoms with Crippen LogP contribution in [-0.2, 0) is 13.5 Å². The molecule has 3 aromatic rings. The molecular formula is C22H28N6O. The Kier molecular flexibility index (Phi) is 5.22. The third-order valence-electron chi connectivity index (χ3n) is 5.64. The molecule has 3 heterocycles. The van der Waals surface area contributed by atoms with Gasteiger partial charge in [-0.3, -0.25) is 9.48 Å². The number of hydrogen-bond donors (Lipinski definition) is 1. The van der Waals surface area contributed by atoms with Gasteiger partial charge in [-0.25, -0.2) is 0 Å². The average molecular weight is 393 g/mol. The van der Waals surface area contributed by atoms with Gasteiger partial charge in [0.1, 0.15) is 5.82 Å². The number of ketones is 1. The van der Waals surface area contributed by atoms with E-state index < -0.39 is 0 Å². The molecule has 29 heavy (non-hydrogen) atoms. The van der Waals surface area contributed by atoms with E-state index in [1.54, 1.807) is 10.9 Å². The minimum Gasteiger partial charge on any atom is -0.383 e. The highest BCUT2D eigenvalue weighted by molar-refractivity contribution is 5.98. The first-order chi connectivity index (χ1) is 13.9. The third kappa shape index (κ3) is 3.95. The molecule has 0 atom stereocenters. The molecule has 1 aliphatic heterocycles. The van der Waals surface area contributed by atoms with Crippen LogP contribution in [0, 0.1) is 11.8 Å². The van der Waals surface area contributed by atoms with Crippen molar-refractivity contribution in [1.29, 1.82) is 0 Å². The highest BCUT2D eigenvalue weighted by Gasteiger charge is 2.27. The van der Waals surface area contributed by atoms with Gasteiger partial charge in [0.05, 0.1) is 11.6 Å². The lowest BCUT2D eigenvalue weighted by Gasteiger charge is -2.31. The molecule has 1 aromatic carbocycles. The predicted molar refractivity (Wildman–Crippen MR) is 115 cm³/mol. The van der Waals surface area contributed by atoms with Gasteiger partial charge < -0.3 is 10.6 Å². The van der Waals surface area contributed by atoms with Crippen LogP contribution in [0.15, 0.2) is 30.5 Å². The molecule has 7 heteroatoms. The van der Waals surface area contributed by atoms with Gasteiger partial charge in [0.25, 0.3) is 0 Å². The minimum absolute atomic E-state index is 0.0416.